The summed E-state index contributed by atoms with van der Waals surface area (Å²) in [6.07, 6.45) is 10.7. The van der Waals surface area contributed by atoms with Crippen molar-refractivity contribution in [3.8, 4) is 0 Å². The van der Waals surface area contributed by atoms with Gasteiger partial charge in [-0.3, -0.25) is 14.3 Å². The number of imidazole rings is 1. The largest absolute Gasteiger partial charge is 0.329 e. The molecule has 1 N–H and O–H groups in total. The molecular weight excluding hydrogens is 408 g/mol. The first-order valence-electron chi connectivity index (χ1n) is 11.5. The monoisotopic (exact) mass is 442 g/mol. The van der Waals surface area contributed by atoms with E-state index >= 15 is 0 Å². The molecule has 0 fully saturated rings. The van der Waals surface area contributed by atoms with Gasteiger partial charge in [-0.05, 0) is 24.8 Å². The molecule has 2 aromatic heterocycles. The maximum atomic E-state index is 12.6. The number of unbranched alkanes of at least 4 members (excludes halogenated alkanes) is 6. The predicted molar refractivity (Wildman–Crippen MR) is 129 cm³/mol. The molecule has 0 bridgehead atoms. The molecule has 7 heteroatoms. The second-order valence-electron chi connectivity index (χ2n) is 8.10. The van der Waals surface area contributed by atoms with Gasteiger partial charge in [0.15, 0.2) is 16.3 Å². The van der Waals surface area contributed by atoms with Crippen LogP contribution in [0.1, 0.15) is 63.9 Å². The van der Waals surface area contributed by atoms with Crippen LogP contribution in [0.2, 0.25) is 0 Å². The van der Waals surface area contributed by atoms with Crippen molar-refractivity contribution in [2.24, 2.45) is 7.05 Å². The van der Waals surface area contributed by atoms with Crippen LogP contribution in [0.4, 0.5) is 0 Å². The van der Waals surface area contributed by atoms with Crippen molar-refractivity contribution in [2.75, 3.05) is 5.75 Å². The lowest BCUT2D eigenvalue weighted by Gasteiger charge is -2.09. The van der Waals surface area contributed by atoms with Gasteiger partial charge in [0.2, 0.25) is 0 Å². The van der Waals surface area contributed by atoms with E-state index in [1.807, 2.05) is 22.8 Å². The van der Waals surface area contributed by atoms with Gasteiger partial charge in [-0.1, -0.05) is 87.5 Å². The van der Waals surface area contributed by atoms with E-state index in [0.717, 1.165) is 30.2 Å². The summed E-state index contributed by atoms with van der Waals surface area (Å²) < 4.78 is 3.44. The number of hydrogen-bond donors (Lipinski definition) is 1. The number of nitrogens with one attached hydrogen (secondary N) is 1. The van der Waals surface area contributed by atoms with E-state index in [-0.39, 0.29) is 5.56 Å². The van der Waals surface area contributed by atoms with Crippen molar-refractivity contribution in [1.29, 1.82) is 0 Å². The molecule has 0 saturated carbocycles. The predicted octanol–water partition coefficient (Wildman–Crippen LogP) is 4.90. The lowest BCUT2D eigenvalue weighted by Crippen LogP contribution is -2.29. The molecule has 0 aliphatic heterocycles. The third kappa shape index (κ3) is 6.35. The zero-order valence-corrected chi connectivity index (χ0v) is 19.5. The van der Waals surface area contributed by atoms with Crippen molar-refractivity contribution in [2.45, 2.75) is 76.4 Å². The Hall–Kier alpha value is -2.28. The molecule has 0 radical (unpaired) electrons. The average molecular weight is 443 g/mol. The summed E-state index contributed by atoms with van der Waals surface area (Å²) in [7, 11) is 1.66. The van der Waals surface area contributed by atoms with Crippen LogP contribution >= 0.6 is 11.8 Å². The second kappa shape index (κ2) is 11.9. The van der Waals surface area contributed by atoms with Crippen LogP contribution in [-0.2, 0) is 20.0 Å². The van der Waals surface area contributed by atoms with Crippen LogP contribution in [0, 0.1) is 0 Å². The fraction of sp³-hybridized carbons (Fsp3) is 0.542. The molecule has 0 saturated heterocycles. The van der Waals surface area contributed by atoms with Gasteiger partial charge in [0.05, 0.1) is 0 Å². The number of nitrogens with zero attached hydrogens (tertiary/aromatic N) is 3. The third-order valence-electron chi connectivity index (χ3n) is 5.64. The Morgan fingerprint density at radius 3 is 2.42 bits per heavy atom. The second-order valence-corrected chi connectivity index (χ2v) is 9.16. The van der Waals surface area contributed by atoms with E-state index in [0.29, 0.717) is 17.7 Å². The van der Waals surface area contributed by atoms with Gasteiger partial charge in [-0.15, -0.1) is 0 Å². The molecule has 1 aromatic carbocycles. The first-order chi connectivity index (χ1) is 15.1. The SMILES string of the molecule is CCCCCCCCCSc1nc2c(c(=O)[nH]c(=O)n2C)n1CCCc1ccccc1. The number of thioether (sulfide) groups is 1. The molecule has 0 spiro atoms. The summed E-state index contributed by atoms with van der Waals surface area (Å²) in [6.45, 7) is 2.94. The highest BCUT2D eigenvalue weighted by Crippen LogP contribution is 2.24. The number of aromatic amines is 1. The Kier molecular flexibility index (Phi) is 9.00. The Labute approximate surface area is 188 Å². The Morgan fingerprint density at radius 1 is 0.968 bits per heavy atom. The van der Waals surface area contributed by atoms with E-state index in [9.17, 15) is 9.59 Å². The smallest absolute Gasteiger partial charge is 0.313 e. The number of aromatic nitrogens is 4. The van der Waals surface area contributed by atoms with Crippen LogP contribution < -0.4 is 11.2 Å². The summed E-state index contributed by atoms with van der Waals surface area (Å²) in [5, 5.41) is 0.834. The Balaban J connectivity index is 1.69. The standard InChI is InChI=1S/C24H34N4O2S/c1-3-4-5-6-7-8-12-18-31-24-25-21-20(22(29)26-23(30)27(21)2)28(24)17-13-16-19-14-10-9-11-15-19/h9-11,14-15H,3-8,12-13,16-18H2,1-2H3,(H,26,29,30). The normalized spacial score (nSPS) is 11.4. The van der Waals surface area contributed by atoms with Crippen molar-refractivity contribution in [1.82, 2.24) is 19.1 Å². The summed E-state index contributed by atoms with van der Waals surface area (Å²) in [5.74, 6) is 0.974. The zero-order chi connectivity index (χ0) is 22.1. The molecule has 0 aliphatic carbocycles. The average Bonchev–Trinajstić information content (AvgIpc) is 3.14. The fourth-order valence-corrected chi connectivity index (χ4v) is 4.86. The van der Waals surface area contributed by atoms with Gasteiger partial charge in [0.25, 0.3) is 5.56 Å². The highest BCUT2D eigenvalue weighted by atomic mass is 32.2. The molecular formula is C24H34N4O2S. The van der Waals surface area contributed by atoms with E-state index in [4.69, 9.17) is 0 Å². The van der Waals surface area contributed by atoms with Gasteiger partial charge >= 0.3 is 5.69 Å². The minimum Gasteiger partial charge on any atom is -0.313 e. The lowest BCUT2D eigenvalue weighted by atomic mass is 10.1. The number of rotatable bonds is 13. The first-order valence-corrected chi connectivity index (χ1v) is 12.5. The molecule has 3 rings (SSSR count). The van der Waals surface area contributed by atoms with Crippen molar-refractivity contribution >= 4 is 22.9 Å². The molecule has 0 aliphatic rings. The Morgan fingerprint density at radius 2 is 1.68 bits per heavy atom. The van der Waals surface area contributed by atoms with E-state index in [1.54, 1.807) is 18.8 Å². The van der Waals surface area contributed by atoms with Crippen LogP contribution in [0.25, 0.3) is 11.2 Å². The molecule has 0 unspecified atom stereocenters. The number of benzene rings is 1. The molecule has 0 amide bonds. The fourth-order valence-electron chi connectivity index (χ4n) is 3.84. The van der Waals surface area contributed by atoms with Gasteiger partial charge in [-0.25, -0.2) is 9.78 Å². The van der Waals surface area contributed by atoms with Crippen LogP contribution in [-0.4, -0.2) is 24.9 Å². The number of hydrogen-bond acceptors (Lipinski definition) is 4. The van der Waals surface area contributed by atoms with Crippen molar-refractivity contribution < 1.29 is 0 Å². The Bertz CT molecular complexity index is 1070. The number of H-pyrrole nitrogens is 1. The summed E-state index contributed by atoms with van der Waals surface area (Å²) in [4.78, 5) is 31.7. The highest BCUT2D eigenvalue weighted by Gasteiger charge is 2.17. The molecule has 3 aromatic rings. The highest BCUT2D eigenvalue weighted by molar-refractivity contribution is 7.99. The minimum absolute atomic E-state index is 0.354. The van der Waals surface area contributed by atoms with E-state index in [1.165, 1.54) is 48.7 Å². The minimum atomic E-state index is -0.421. The van der Waals surface area contributed by atoms with Gasteiger partial charge in [-0.2, -0.15) is 0 Å². The van der Waals surface area contributed by atoms with Crippen LogP contribution in [0.5, 0.6) is 0 Å². The maximum absolute atomic E-state index is 12.6. The molecule has 31 heavy (non-hydrogen) atoms. The molecule has 0 atom stereocenters. The van der Waals surface area contributed by atoms with Crippen LogP contribution in [0.3, 0.4) is 0 Å². The van der Waals surface area contributed by atoms with Crippen LogP contribution in [0.15, 0.2) is 45.1 Å². The summed E-state index contributed by atoms with van der Waals surface area (Å²) in [6, 6.07) is 10.4. The van der Waals surface area contributed by atoms with Gasteiger partial charge < -0.3 is 4.57 Å². The van der Waals surface area contributed by atoms with Crippen molar-refractivity contribution in [3.63, 3.8) is 0 Å². The molecule has 168 valence electrons. The van der Waals surface area contributed by atoms with Crippen molar-refractivity contribution in [3.05, 3.63) is 56.7 Å². The summed E-state index contributed by atoms with van der Waals surface area (Å²) in [5.41, 5.74) is 1.47. The van der Waals surface area contributed by atoms with Gasteiger partial charge in [0, 0.05) is 19.3 Å². The summed E-state index contributed by atoms with van der Waals surface area (Å²) >= 11 is 1.69. The molecule has 2 heterocycles. The lowest BCUT2D eigenvalue weighted by molar-refractivity contribution is 0.600. The first kappa shape index (κ1) is 23.4. The molecule has 6 nitrogen and oxygen atoms in total. The quantitative estimate of drug-likeness (QED) is 0.302. The maximum Gasteiger partial charge on any atom is 0.329 e. The van der Waals surface area contributed by atoms with Gasteiger partial charge in [0.1, 0.15) is 0 Å². The van der Waals surface area contributed by atoms with E-state index in [2.05, 4.69) is 29.0 Å². The zero-order valence-electron chi connectivity index (χ0n) is 18.7. The number of aryl methyl sites for hydroxylation is 3. The van der Waals surface area contributed by atoms with E-state index < -0.39 is 5.69 Å². The number of fused-ring (bicyclic) bond motifs is 1. The third-order valence-corrected chi connectivity index (χ3v) is 6.70. The topological polar surface area (TPSA) is 72.7 Å².